The maximum atomic E-state index is 10.7. The standard InChI is InChI=1S/C21H35N5O4.HI/c1-4-22-21(25-12-11-17(15-25)14-24(5-2)6-3)23-13-19(27)16-30-20-9-7-18(8-10-20)26(28)29;/h7-10,17,19,27H,4-6,11-16H2,1-3H3,(H,22,23);1H. The van der Waals surface area contributed by atoms with Gasteiger partial charge in [0, 0.05) is 38.3 Å². The Morgan fingerprint density at radius 1 is 1.35 bits per heavy atom. The van der Waals surface area contributed by atoms with Gasteiger partial charge in [0.25, 0.3) is 5.69 Å². The Morgan fingerprint density at radius 3 is 2.61 bits per heavy atom. The van der Waals surface area contributed by atoms with Gasteiger partial charge in [-0.2, -0.15) is 0 Å². The molecule has 176 valence electrons. The number of hydrogen-bond acceptors (Lipinski definition) is 6. The normalized spacial score (nSPS) is 17.4. The molecule has 2 N–H and O–H groups in total. The van der Waals surface area contributed by atoms with Crippen molar-refractivity contribution >= 4 is 35.6 Å². The molecule has 31 heavy (non-hydrogen) atoms. The van der Waals surface area contributed by atoms with Gasteiger partial charge in [-0.25, -0.2) is 0 Å². The summed E-state index contributed by atoms with van der Waals surface area (Å²) in [6.07, 6.45) is 0.384. The number of nitro benzene ring substituents is 1. The molecule has 1 aromatic carbocycles. The number of aliphatic imine (C=N–C) groups is 1. The van der Waals surface area contributed by atoms with Crippen LogP contribution in [0, 0.1) is 16.0 Å². The van der Waals surface area contributed by atoms with Crippen LogP contribution in [0.5, 0.6) is 5.75 Å². The van der Waals surface area contributed by atoms with Crippen LogP contribution in [0.15, 0.2) is 29.3 Å². The van der Waals surface area contributed by atoms with Crippen LogP contribution in [0.3, 0.4) is 0 Å². The Hall–Kier alpha value is -1.66. The Balaban J connectivity index is 0.00000480. The fourth-order valence-corrected chi connectivity index (χ4v) is 3.55. The Bertz CT molecular complexity index is 685. The predicted molar refractivity (Wildman–Crippen MR) is 133 cm³/mol. The summed E-state index contributed by atoms with van der Waals surface area (Å²) in [6.45, 7) is 12.7. The first-order chi connectivity index (χ1) is 14.5. The summed E-state index contributed by atoms with van der Waals surface area (Å²) in [5.41, 5.74) is 0.00712. The summed E-state index contributed by atoms with van der Waals surface area (Å²) in [4.78, 5) is 19.6. The minimum absolute atomic E-state index is 0. The second kappa shape index (κ2) is 14.4. The highest BCUT2D eigenvalue weighted by atomic mass is 127. The third-order valence-electron chi connectivity index (χ3n) is 5.27. The molecule has 0 aromatic heterocycles. The molecular formula is C21H36IN5O4. The molecular weight excluding hydrogens is 513 g/mol. The van der Waals surface area contributed by atoms with Gasteiger partial charge in [0.05, 0.1) is 11.5 Å². The van der Waals surface area contributed by atoms with Crippen LogP contribution in [0.25, 0.3) is 0 Å². The molecule has 1 aliphatic rings. The highest BCUT2D eigenvalue weighted by Crippen LogP contribution is 2.19. The number of nitro groups is 1. The lowest BCUT2D eigenvalue weighted by molar-refractivity contribution is -0.384. The van der Waals surface area contributed by atoms with Gasteiger partial charge < -0.3 is 25.0 Å². The highest BCUT2D eigenvalue weighted by Gasteiger charge is 2.26. The molecule has 0 bridgehead atoms. The van der Waals surface area contributed by atoms with Crippen LogP contribution in [0.4, 0.5) is 5.69 Å². The van der Waals surface area contributed by atoms with E-state index in [9.17, 15) is 15.2 Å². The van der Waals surface area contributed by atoms with Crippen molar-refractivity contribution < 1.29 is 14.8 Å². The number of aliphatic hydroxyl groups excluding tert-OH is 1. The number of aliphatic hydroxyl groups is 1. The lowest BCUT2D eigenvalue weighted by atomic mass is 10.1. The van der Waals surface area contributed by atoms with Crippen molar-refractivity contribution in [2.24, 2.45) is 10.9 Å². The second-order valence-electron chi connectivity index (χ2n) is 7.50. The number of nitrogens with zero attached hydrogens (tertiary/aromatic N) is 4. The van der Waals surface area contributed by atoms with Crippen LogP contribution in [-0.2, 0) is 0 Å². The van der Waals surface area contributed by atoms with Gasteiger partial charge in [-0.15, -0.1) is 24.0 Å². The fourth-order valence-electron chi connectivity index (χ4n) is 3.55. The lowest BCUT2D eigenvalue weighted by Crippen LogP contribution is -2.41. The number of ether oxygens (including phenoxy) is 1. The van der Waals surface area contributed by atoms with E-state index < -0.39 is 11.0 Å². The molecule has 0 amide bonds. The largest absolute Gasteiger partial charge is 0.491 e. The first kappa shape index (κ1) is 27.4. The molecule has 1 fully saturated rings. The van der Waals surface area contributed by atoms with Crippen molar-refractivity contribution in [2.45, 2.75) is 33.3 Å². The Morgan fingerprint density at radius 2 is 2.03 bits per heavy atom. The van der Waals surface area contributed by atoms with Gasteiger partial charge in [0.15, 0.2) is 5.96 Å². The van der Waals surface area contributed by atoms with Gasteiger partial charge in [0.2, 0.25) is 0 Å². The van der Waals surface area contributed by atoms with Gasteiger partial charge in [-0.1, -0.05) is 13.8 Å². The molecule has 2 atom stereocenters. The third kappa shape index (κ3) is 9.16. The van der Waals surface area contributed by atoms with Crippen LogP contribution in [0.2, 0.25) is 0 Å². The summed E-state index contributed by atoms with van der Waals surface area (Å²) >= 11 is 0. The molecule has 0 radical (unpaired) electrons. The zero-order valence-electron chi connectivity index (χ0n) is 18.7. The summed E-state index contributed by atoms with van der Waals surface area (Å²) in [6, 6.07) is 5.81. The average Bonchev–Trinajstić information content (AvgIpc) is 3.22. The number of guanidine groups is 1. The summed E-state index contributed by atoms with van der Waals surface area (Å²) < 4.78 is 5.52. The highest BCUT2D eigenvalue weighted by molar-refractivity contribution is 14.0. The molecule has 0 aliphatic carbocycles. The van der Waals surface area contributed by atoms with Crippen LogP contribution < -0.4 is 10.1 Å². The first-order valence-corrected chi connectivity index (χ1v) is 10.8. The Kier molecular flexibility index (Phi) is 12.7. The van der Waals surface area contributed by atoms with E-state index in [1.54, 1.807) is 0 Å². The number of hydrogen-bond donors (Lipinski definition) is 2. The van der Waals surface area contributed by atoms with E-state index in [0.29, 0.717) is 11.7 Å². The topological polar surface area (TPSA) is 103 Å². The van der Waals surface area contributed by atoms with E-state index in [2.05, 4.69) is 34.0 Å². The second-order valence-corrected chi connectivity index (χ2v) is 7.50. The number of nitrogens with one attached hydrogen (secondary N) is 1. The van der Waals surface area contributed by atoms with Crippen molar-refractivity contribution in [3.05, 3.63) is 34.4 Å². The van der Waals surface area contributed by atoms with Gasteiger partial charge in [0.1, 0.15) is 18.5 Å². The third-order valence-corrected chi connectivity index (χ3v) is 5.27. The quantitative estimate of drug-likeness (QED) is 0.144. The van der Waals surface area contributed by atoms with Crippen molar-refractivity contribution in [1.29, 1.82) is 0 Å². The lowest BCUT2D eigenvalue weighted by Gasteiger charge is -2.24. The Labute approximate surface area is 202 Å². The van der Waals surface area contributed by atoms with Crippen molar-refractivity contribution in [2.75, 3.05) is 52.4 Å². The number of non-ortho nitro benzene ring substituents is 1. The molecule has 0 saturated carbocycles. The molecule has 9 nitrogen and oxygen atoms in total. The SMILES string of the molecule is CCNC(=NCC(O)COc1ccc([N+](=O)[O-])cc1)N1CCC(CN(CC)CC)C1.I. The number of likely N-dealkylation sites (tertiary alicyclic amines) is 1. The summed E-state index contributed by atoms with van der Waals surface area (Å²) in [5.74, 6) is 1.94. The first-order valence-electron chi connectivity index (χ1n) is 10.8. The maximum Gasteiger partial charge on any atom is 0.269 e. The van der Waals surface area contributed by atoms with E-state index in [-0.39, 0.29) is 42.8 Å². The minimum atomic E-state index is -0.761. The molecule has 1 aromatic rings. The monoisotopic (exact) mass is 549 g/mol. The zero-order chi connectivity index (χ0) is 21.9. The van der Waals surface area contributed by atoms with E-state index in [1.165, 1.54) is 24.3 Å². The zero-order valence-corrected chi connectivity index (χ0v) is 21.0. The number of benzene rings is 1. The van der Waals surface area contributed by atoms with Crippen molar-refractivity contribution in [1.82, 2.24) is 15.1 Å². The number of halogens is 1. The fraction of sp³-hybridized carbons (Fsp3) is 0.667. The van der Waals surface area contributed by atoms with E-state index >= 15 is 0 Å². The number of rotatable bonds is 11. The van der Waals surface area contributed by atoms with Crippen LogP contribution in [-0.4, -0.2) is 84.3 Å². The van der Waals surface area contributed by atoms with E-state index in [4.69, 9.17) is 4.74 Å². The van der Waals surface area contributed by atoms with Crippen molar-refractivity contribution in [3.63, 3.8) is 0 Å². The molecule has 10 heteroatoms. The molecule has 1 saturated heterocycles. The summed E-state index contributed by atoms with van der Waals surface area (Å²) in [5, 5.41) is 24.3. The smallest absolute Gasteiger partial charge is 0.269 e. The van der Waals surface area contributed by atoms with E-state index in [1.807, 2.05) is 6.92 Å². The van der Waals surface area contributed by atoms with E-state index in [0.717, 1.165) is 51.6 Å². The predicted octanol–water partition coefficient (Wildman–Crippen LogP) is 2.58. The van der Waals surface area contributed by atoms with Gasteiger partial charge in [-0.3, -0.25) is 15.1 Å². The maximum absolute atomic E-state index is 10.7. The van der Waals surface area contributed by atoms with Crippen LogP contribution >= 0.6 is 24.0 Å². The molecule has 1 heterocycles. The minimum Gasteiger partial charge on any atom is -0.491 e. The molecule has 2 unspecified atom stereocenters. The molecule has 2 rings (SSSR count). The molecule has 1 aliphatic heterocycles. The van der Waals surface area contributed by atoms with Gasteiger partial charge in [-0.05, 0) is 44.5 Å². The van der Waals surface area contributed by atoms with Crippen LogP contribution in [0.1, 0.15) is 27.2 Å². The van der Waals surface area contributed by atoms with Crippen molar-refractivity contribution in [3.8, 4) is 5.75 Å². The summed E-state index contributed by atoms with van der Waals surface area (Å²) in [7, 11) is 0. The molecule has 0 spiro atoms. The van der Waals surface area contributed by atoms with Gasteiger partial charge >= 0.3 is 0 Å². The average molecular weight is 549 g/mol.